The van der Waals surface area contributed by atoms with Crippen molar-refractivity contribution in [1.29, 1.82) is 0 Å². The molecule has 6 nitrogen and oxygen atoms in total. The molecule has 0 aliphatic heterocycles. The summed E-state index contributed by atoms with van der Waals surface area (Å²) in [5.74, 6) is 1.62. The molecule has 2 rings (SSSR count). The van der Waals surface area contributed by atoms with Crippen LogP contribution in [0.1, 0.15) is 36.1 Å². The molecule has 0 radical (unpaired) electrons. The van der Waals surface area contributed by atoms with Gasteiger partial charge in [0.15, 0.2) is 15.8 Å². The van der Waals surface area contributed by atoms with Crippen LogP contribution < -0.4 is 15.4 Å². The third-order valence-corrected chi connectivity index (χ3v) is 5.02. The molecule has 0 fully saturated rings. The number of hydrogen-bond donors (Lipinski definition) is 2. The summed E-state index contributed by atoms with van der Waals surface area (Å²) in [4.78, 5) is 4.27. The standard InChI is InChI=1S/C22H31N3O3S.HI/c1-16(2)28-21-12-17(3)6-11-20(21)14-25-22(23-4)24-13-18-7-9-19(10-8-18)15-29(5,26)27;/h6-12,16H,13-15H2,1-5H3,(H2,23,24,25);1H. The van der Waals surface area contributed by atoms with Crippen molar-refractivity contribution in [3.8, 4) is 5.75 Å². The predicted molar refractivity (Wildman–Crippen MR) is 134 cm³/mol. The third kappa shape index (κ3) is 9.34. The zero-order valence-corrected chi connectivity index (χ0v) is 21.4. The van der Waals surface area contributed by atoms with E-state index in [-0.39, 0.29) is 35.8 Å². The van der Waals surface area contributed by atoms with Gasteiger partial charge < -0.3 is 15.4 Å². The van der Waals surface area contributed by atoms with Gasteiger partial charge in [-0.3, -0.25) is 4.99 Å². The van der Waals surface area contributed by atoms with Gasteiger partial charge >= 0.3 is 0 Å². The van der Waals surface area contributed by atoms with E-state index in [2.05, 4.69) is 27.8 Å². The van der Waals surface area contributed by atoms with Gasteiger partial charge in [0.1, 0.15) is 5.75 Å². The number of nitrogens with one attached hydrogen (secondary N) is 2. The van der Waals surface area contributed by atoms with Crippen molar-refractivity contribution in [2.45, 2.75) is 45.7 Å². The van der Waals surface area contributed by atoms with E-state index in [1.54, 1.807) is 7.05 Å². The fraction of sp³-hybridized carbons (Fsp3) is 0.409. The number of halogens is 1. The lowest BCUT2D eigenvalue weighted by molar-refractivity contribution is 0.239. The topological polar surface area (TPSA) is 79.8 Å². The van der Waals surface area contributed by atoms with Crippen LogP contribution in [0.2, 0.25) is 0 Å². The van der Waals surface area contributed by atoms with E-state index in [9.17, 15) is 8.42 Å². The van der Waals surface area contributed by atoms with Gasteiger partial charge in [0, 0.05) is 32.0 Å². The van der Waals surface area contributed by atoms with Crippen molar-refractivity contribution < 1.29 is 13.2 Å². The Balaban J connectivity index is 0.00000450. The number of aliphatic imine (C=N–C) groups is 1. The van der Waals surface area contributed by atoms with Crippen LogP contribution in [-0.4, -0.2) is 33.8 Å². The second-order valence-electron chi connectivity index (χ2n) is 7.44. The van der Waals surface area contributed by atoms with Crippen LogP contribution in [0.5, 0.6) is 5.75 Å². The lowest BCUT2D eigenvalue weighted by atomic mass is 10.1. The summed E-state index contributed by atoms with van der Waals surface area (Å²) >= 11 is 0. The van der Waals surface area contributed by atoms with Crippen LogP contribution in [-0.2, 0) is 28.7 Å². The second kappa shape index (κ2) is 12.1. The molecule has 0 spiro atoms. The molecule has 0 bridgehead atoms. The minimum absolute atomic E-state index is 0. The maximum atomic E-state index is 11.4. The zero-order valence-electron chi connectivity index (χ0n) is 18.2. The lowest BCUT2D eigenvalue weighted by Crippen LogP contribution is -2.36. The Morgan fingerprint density at radius 3 is 2.20 bits per heavy atom. The van der Waals surface area contributed by atoms with Crippen molar-refractivity contribution in [1.82, 2.24) is 10.6 Å². The van der Waals surface area contributed by atoms with E-state index in [0.717, 1.165) is 28.0 Å². The van der Waals surface area contributed by atoms with E-state index in [1.165, 1.54) is 6.26 Å². The highest BCUT2D eigenvalue weighted by Crippen LogP contribution is 2.21. The first-order valence-corrected chi connectivity index (χ1v) is 11.7. The largest absolute Gasteiger partial charge is 0.491 e. The number of rotatable bonds is 8. The number of guanidine groups is 1. The molecule has 8 heteroatoms. The van der Waals surface area contributed by atoms with Crippen LogP contribution in [0.15, 0.2) is 47.5 Å². The normalized spacial score (nSPS) is 11.7. The fourth-order valence-electron chi connectivity index (χ4n) is 2.81. The highest BCUT2D eigenvalue weighted by molar-refractivity contribution is 14.0. The van der Waals surface area contributed by atoms with Gasteiger partial charge in [0.2, 0.25) is 0 Å². The van der Waals surface area contributed by atoms with Gasteiger partial charge in [-0.05, 0) is 43.5 Å². The molecule has 0 atom stereocenters. The van der Waals surface area contributed by atoms with Crippen molar-refractivity contribution in [2.75, 3.05) is 13.3 Å². The van der Waals surface area contributed by atoms with Crippen molar-refractivity contribution in [3.05, 3.63) is 64.7 Å². The van der Waals surface area contributed by atoms with Gasteiger partial charge in [-0.15, -0.1) is 24.0 Å². The van der Waals surface area contributed by atoms with Crippen LogP contribution >= 0.6 is 24.0 Å². The van der Waals surface area contributed by atoms with E-state index >= 15 is 0 Å². The van der Waals surface area contributed by atoms with Gasteiger partial charge in [0.25, 0.3) is 0 Å². The monoisotopic (exact) mass is 545 g/mol. The van der Waals surface area contributed by atoms with E-state index in [1.807, 2.05) is 51.1 Å². The molecule has 0 amide bonds. The Hall–Kier alpha value is -1.81. The zero-order chi connectivity index (χ0) is 21.4. The maximum Gasteiger partial charge on any atom is 0.191 e. The quantitative estimate of drug-likeness (QED) is 0.300. The average Bonchev–Trinajstić information content (AvgIpc) is 2.63. The first-order chi connectivity index (χ1) is 13.7. The van der Waals surface area contributed by atoms with Crippen molar-refractivity contribution >= 4 is 39.8 Å². The molecule has 0 heterocycles. The first-order valence-electron chi connectivity index (χ1n) is 9.62. The number of aryl methyl sites for hydroxylation is 1. The number of hydrogen-bond acceptors (Lipinski definition) is 4. The van der Waals surface area contributed by atoms with Gasteiger partial charge in [-0.2, -0.15) is 0 Å². The summed E-state index contributed by atoms with van der Waals surface area (Å²) in [5, 5.41) is 6.59. The molecule has 0 saturated heterocycles. The van der Waals surface area contributed by atoms with E-state index in [0.29, 0.717) is 19.0 Å². The number of ether oxygens (including phenoxy) is 1. The highest BCUT2D eigenvalue weighted by Gasteiger charge is 2.08. The third-order valence-electron chi connectivity index (χ3n) is 4.17. The van der Waals surface area contributed by atoms with Crippen molar-refractivity contribution in [3.63, 3.8) is 0 Å². The maximum absolute atomic E-state index is 11.4. The molecular weight excluding hydrogens is 513 g/mol. The summed E-state index contributed by atoms with van der Waals surface area (Å²) in [6.07, 6.45) is 1.35. The van der Waals surface area contributed by atoms with Gasteiger partial charge in [-0.1, -0.05) is 36.4 Å². The van der Waals surface area contributed by atoms with Crippen LogP contribution in [0.3, 0.4) is 0 Å². The number of benzene rings is 2. The molecule has 0 aliphatic carbocycles. The minimum Gasteiger partial charge on any atom is -0.491 e. The van der Waals surface area contributed by atoms with Crippen LogP contribution in [0.4, 0.5) is 0 Å². The molecule has 0 aromatic heterocycles. The second-order valence-corrected chi connectivity index (χ2v) is 9.58. The summed E-state index contributed by atoms with van der Waals surface area (Å²) in [5.41, 5.74) is 4.06. The van der Waals surface area contributed by atoms with Crippen molar-refractivity contribution in [2.24, 2.45) is 4.99 Å². The van der Waals surface area contributed by atoms with Crippen LogP contribution in [0.25, 0.3) is 0 Å². The van der Waals surface area contributed by atoms with Gasteiger partial charge in [0.05, 0.1) is 11.9 Å². The summed E-state index contributed by atoms with van der Waals surface area (Å²) < 4.78 is 28.7. The Labute approximate surface area is 197 Å². The Morgan fingerprint density at radius 2 is 1.63 bits per heavy atom. The summed E-state index contributed by atoms with van der Waals surface area (Å²) in [6.45, 7) is 7.26. The predicted octanol–water partition coefficient (Wildman–Crippen LogP) is 3.81. The first kappa shape index (κ1) is 26.2. The number of sulfone groups is 1. The molecule has 166 valence electrons. The lowest BCUT2D eigenvalue weighted by Gasteiger charge is -2.17. The molecule has 0 aliphatic rings. The molecule has 2 aromatic carbocycles. The molecule has 30 heavy (non-hydrogen) atoms. The molecule has 0 saturated carbocycles. The Kier molecular flexibility index (Phi) is 10.6. The minimum atomic E-state index is -3.02. The Morgan fingerprint density at radius 1 is 1.03 bits per heavy atom. The molecule has 0 unspecified atom stereocenters. The SMILES string of the molecule is CN=C(NCc1ccc(CS(C)(=O)=O)cc1)NCc1ccc(C)cc1OC(C)C.I. The fourth-order valence-corrected chi connectivity index (χ4v) is 3.61. The van der Waals surface area contributed by atoms with E-state index in [4.69, 9.17) is 4.74 Å². The Bertz CT molecular complexity index is 943. The average molecular weight is 545 g/mol. The molecular formula is C22H32IN3O3S. The van der Waals surface area contributed by atoms with E-state index < -0.39 is 9.84 Å². The summed E-state index contributed by atoms with van der Waals surface area (Å²) in [6, 6.07) is 13.7. The van der Waals surface area contributed by atoms with Crippen LogP contribution in [0, 0.1) is 6.92 Å². The highest BCUT2D eigenvalue weighted by atomic mass is 127. The molecule has 2 aromatic rings. The number of nitrogens with zero attached hydrogens (tertiary/aromatic N) is 1. The smallest absolute Gasteiger partial charge is 0.191 e. The molecule has 2 N–H and O–H groups in total. The summed E-state index contributed by atoms with van der Waals surface area (Å²) in [7, 11) is -1.30. The van der Waals surface area contributed by atoms with Gasteiger partial charge in [-0.25, -0.2) is 8.42 Å².